The highest BCUT2D eigenvalue weighted by molar-refractivity contribution is 5.99. The lowest BCUT2D eigenvalue weighted by molar-refractivity contribution is -0.123. The molecule has 8 nitrogen and oxygen atoms in total. The lowest BCUT2D eigenvalue weighted by Gasteiger charge is -2.28. The van der Waals surface area contributed by atoms with E-state index in [0.29, 0.717) is 19.0 Å². The van der Waals surface area contributed by atoms with Gasteiger partial charge in [-0.15, -0.1) is 0 Å². The third kappa shape index (κ3) is 2.80. The van der Waals surface area contributed by atoms with Crippen molar-refractivity contribution >= 4 is 23.5 Å². The molecule has 0 saturated carbocycles. The number of ether oxygens (including phenoxy) is 1. The third-order valence-electron chi connectivity index (χ3n) is 3.78. The summed E-state index contributed by atoms with van der Waals surface area (Å²) in [7, 11) is 0. The molecule has 1 aromatic rings. The summed E-state index contributed by atoms with van der Waals surface area (Å²) in [5, 5.41) is 0. The predicted octanol–water partition coefficient (Wildman–Crippen LogP) is -0.849. The van der Waals surface area contributed by atoms with Gasteiger partial charge in [0.25, 0.3) is 0 Å². The van der Waals surface area contributed by atoms with Crippen LogP contribution < -0.4 is 15.5 Å². The van der Waals surface area contributed by atoms with Gasteiger partial charge < -0.3 is 15.4 Å². The smallest absolute Gasteiger partial charge is 0.229 e. The maximum Gasteiger partial charge on any atom is 0.229 e. The molecule has 0 spiro atoms. The van der Waals surface area contributed by atoms with E-state index in [0.717, 1.165) is 18.9 Å². The average molecular weight is 291 g/mol. The van der Waals surface area contributed by atoms with E-state index >= 15 is 0 Å². The van der Waals surface area contributed by atoms with E-state index in [4.69, 9.17) is 10.5 Å². The number of carbonyl (C=O) groups excluding carboxylic acids is 2. The minimum atomic E-state index is -0.451. The number of nitrogens with two attached hydrogens (primary N) is 1. The molecule has 2 amide bonds. The van der Waals surface area contributed by atoms with Crippen molar-refractivity contribution in [3.63, 3.8) is 0 Å². The van der Waals surface area contributed by atoms with E-state index in [1.165, 1.54) is 11.2 Å². The van der Waals surface area contributed by atoms with Crippen LogP contribution in [0, 0.1) is 5.92 Å². The molecular formula is C13H17N5O3. The van der Waals surface area contributed by atoms with E-state index in [1.807, 2.05) is 0 Å². The van der Waals surface area contributed by atoms with Gasteiger partial charge in [-0.3, -0.25) is 14.5 Å². The van der Waals surface area contributed by atoms with Crippen molar-refractivity contribution in [2.24, 2.45) is 11.7 Å². The molecule has 0 aliphatic carbocycles. The molecule has 2 N–H and O–H groups in total. The molecular weight excluding hydrogens is 274 g/mol. The third-order valence-corrected chi connectivity index (χ3v) is 3.78. The van der Waals surface area contributed by atoms with Crippen LogP contribution in [0.3, 0.4) is 0 Å². The summed E-state index contributed by atoms with van der Waals surface area (Å²) in [5.74, 6) is 0.247. The van der Waals surface area contributed by atoms with Gasteiger partial charge in [0.2, 0.25) is 11.8 Å². The van der Waals surface area contributed by atoms with Crippen LogP contribution in [-0.4, -0.2) is 54.6 Å². The Morgan fingerprint density at radius 1 is 1.29 bits per heavy atom. The number of amides is 2. The first-order chi connectivity index (χ1) is 10.1. The van der Waals surface area contributed by atoms with Crippen molar-refractivity contribution in [1.82, 2.24) is 9.97 Å². The average Bonchev–Trinajstić information content (AvgIpc) is 2.91. The van der Waals surface area contributed by atoms with Gasteiger partial charge in [-0.05, 0) is 0 Å². The Hall–Kier alpha value is -2.22. The van der Waals surface area contributed by atoms with Gasteiger partial charge in [0.05, 0.1) is 19.1 Å². The van der Waals surface area contributed by atoms with Crippen LogP contribution in [0.4, 0.5) is 11.6 Å². The first-order valence-corrected chi connectivity index (χ1v) is 6.89. The highest BCUT2D eigenvalue weighted by Crippen LogP contribution is 2.25. The Morgan fingerprint density at radius 2 is 2.00 bits per heavy atom. The number of carbonyl (C=O) groups is 2. The second-order valence-corrected chi connectivity index (χ2v) is 5.14. The zero-order chi connectivity index (χ0) is 14.8. The van der Waals surface area contributed by atoms with Crippen LogP contribution in [0.15, 0.2) is 12.4 Å². The summed E-state index contributed by atoms with van der Waals surface area (Å²) >= 11 is 0. The molecule has 0 aromatic carbocycles. The molecule has 112 valence electrons. The second-order valence-electron chi connectivity index (χ2n) is 5.14. The van der Waals surface area contributed by atoms with Gasteiger partial charge in [-0.1, -0.05) is 0 Å². The highest BCUT2D eigenvalue weighted by Gasteiger charge is 2.34. The number of primary amides is 1. The second kappa shape index (κ2) is 5.65. The molecule has 2 fully saturated rings. The number of morpholine rings is 1. The molecule has 1 unspecified atom stereocenters. The minimum absolute atomic E-state index is 0.134. The Kier molecular flexibility index (Phi) is 3.70. The highest BCUT2D eigenvalue weighted by atomic mass is 16.5. The van der Waals surface area contributed by atoms with E-state index in [-0.39, 0.29) is 18.9 Å². The topological polar surface area (TPSA) is 102 Å². The fraction of sp³-hybridized carbons (Fsp3) is 0.538. The number of anilines is 2. The predicted molar refractivity (Wildman–Crippen MR) is 74.7 cm³/mol. The zero-order valence-electron chi connectivity index (χ0n) is 11.6. The number of nitrogens with zero attached hydrogens (tertiary/aromatic N) is 4. The fourth-order valence-corrected chi connectivity index (χ4v) is 2.57. The molecule has 8 heteroatoms. The largest absolute Gasteiger partial charge is 0.378 e. The summed E-state index contributed by atoms with van der Waals surface area (Å²) in [6.07, 6.45) is 1.58. The van der Waals surface area contributed by atoms with Crippen LogP contribution in [0.2, 0.25) is 0 Å². The van der Waals surface area contributed by atoms with Gasteiger partial charge in [0.1, 0.15) is 18.0 Å². The number of hydrogen-bond donors (Lipinski definition) is 1. The fourth-order valence-electron chi connectivity index (χ4n) is 2.57. The van der Waals surface area contributed by atoms with Crippen LogP contribution in [0.1, 0.15) is 6.42 Å². The molecule has 0 bridgehead atoms. The Balaban J connectivity index is 1.79. The van der Waals surface area contributed by atoms with Crippen LogP contribution >= 0.6 is 0 Å². The molecule has 2 aliphatic rings. The summed E-state index contributed by atoms with van der Waals surface area (Å²) in [4.78, 5) is 35.2. The molecule has 2 saturated heterocycles. The van der Waals surface area contributed by atoms with Crippen molar-refractivity contribution in [3.8, 4) is 0 Å². The molecule has 2 aliphatic heterocycles. The quantitative estimate of drug-likeness (QED) is 0.778. The minimum Gasteiger partial charge on any atom is -0.378 e. The maximum absolute atomic E-state index is 12.0. The molecule has 3 heterocycles. The van der Waals surface area contributed by atoms with E-state index < -0.39 is 11.8 Å². The molecule has 3 rings (SSSR count). The SMILES string of the molecule is NC(=O)C1CC(=O)N(c2cc(N3CCOCC3)ncn2)C1. The van der Waals surface area contributed by atoms with Crippen LogP contribution in [-0.2, 0) is 14.3 Å². The van der Waals surface area contributed by atoms with Crippen LogP contribution in [0.5, 0.6) is 0 Å². The van der Waals surface area contributed by atoms with Crippen molar-refractivity contribution < 1.29 is 14.3 Å². The van der Waals surface area contributed by atoms with E-state index in [2.05, 4.69) is 14.9 Å². The van der Waals surface area contributed by atoms with Crippen LogP contribution in [0.25, 0.3) is 0 Å². The molecule has 0 radical (unpaired) electrons. The van der Waals surface area contributed by atoms with Gasteiger partial charge in [0, 0.05) is 32.1 Å². The summed E-state index contributed by atoms with van der Waals surface area (Å²) in [6.45, 7) is 3.12. The van der Waals surface area contributed by atoms with Gasteiger partial charge in [0.15, 0.2) is 0 Å². The van der Waals surface area contributed by atoms with Crippen molar-refractivity contribution in [1.29, 1.82) is 0 Å². The molecule has 21 heavy (non-hydrogen) atoms. The summed E-state index contributed by atoms with van der Waals surface area (Å²) in [5.41, 5.74) is 5.27. The van der Waals surface area contributed by atoms with Crippen molar-refractivity contribution in [2.75, 3.05) is 42.6 Å². The van der Waals surface area contributed by atoms with E-state index in [9.17, 15) is 9.59 Å². The Labute approximate surface area is 121 Å². The lowest BCUT2D eigenvalue weighted by Crippen LogP contribution is -2.37. The maximum atomic E-state index is 12.0. The molecule has 1 atom stereocenters. The standard InChI is InChI=1S/C13H17N5O3/c14-13(20)9-5-12(19)18(7-9)11-6-10(15-8-16-11)17-1-3-21-4-2-17/h6,8-9H,1-5,7H2,(H2,14,20). The summed E-state index contributed by atoms with van der Waals surface area (Å²) < 4.78 is 5.31. The first kappa shape index (κ1) is 13.7. The van der Waals surface area contributed by atoms with Gasteiger partial charge in [-0.25, -0.2) is 9.97 Å². The Bertz CT molecular complexity index is 558. The zero-order valence-corrected chi connectivity index (χ0v) is 11.6. The number of aromatic nitrogens is 2. The van der Waals surface area contributed by atoms with Crippen molar-refractivity contribution in [2.45, 2.75) is 6.42 Å². The van der Waals surface area contributed by atoms with Crippen molar-refractivity contribution in [3.05, 3.63) is 12.4 Å². The molecule has 1 aromatic heterocycles. The first-order valence-electron chi connectivity index (χ1n) is 6.89. The van der Waals surface area contributed by atoms with Gasteiger partial charge in [-0.2, -0.15) is 0 Å². The number of rotatable bonds is 3. The number of hydrogen-bond acceptors (Lipinski definition) is 6. The summed E-state index contributed by atoms with van der Waals surface area (Å²) in [6, 6.07) is 1.77. The Morgan fingerprint density at radius 3 is 2.67 bits per heavy atom. The van der Waals surface area contributed by atoms with Gasteiger partial charge >= 0.3 is 0 Å². The normalized spacial score (nSPS) is 22.7. The monoisotopic (exact) mass is 291 g/mol. The van der Waals surface area contributed by atoms with E-state index in [1.54, 1.807) is 6.07 Å². The lowest BCUT2D eigenvalue weighted by atomic mass is 10.1.